The number of carbonyl (C=O) groups excluding carboxylic acids is 1. The summed E-state index contributed by atoms with van der Waals surface area (Å²) in [6, 6.07) is 0. The summed E-state index contributed by atoms with van der Waals surface area (Å²) < 4.78 is 0. The third kappa shape index (κ3) is 4.65. The van der Waals surface area contributed by atoms with Crippen molar-refractivity contribution in [2.75, 3.05) is 46.3 Å². The van der Waals surface area contributed by atoms with Gasteiger partial charge in [0.1, 0.15) is 0 Å². The number of piperazine rings is 1. The van der Waals surface area contributed by atoms with Gasteiger partial charge in [-0.1, -0.05) is 0 Å². The number of hydrogen-bond donors (Lipinski definition) is 1. The first kappa shape index (κ1) is 13.0. The number of carbonyl (C=O) groups is 1. The maximum absolute atomic E-state index is 11.7. The second-order valence-electron chi connectivity index (χ2n) is 4.04. The van der Waals surface area contributed by atoms with Gasteiger partial charge in [-0.2, -0.15) is 0 Å². The van der Waals surface area contributed by atoms with Gasteiger partial charge in [-0.25, -0.2) is 0 Å². The lowest BCUT2D eigenvalue weighted by atomic mass is 10.3. The monoisotopic (exact) mass is 223 g/mol. The molecule has 0 saturated carbocycles. The fourth-order valence-corrected chi connectivity index (χ4v) is 1.64. The molecule has 0 bridgehead atoms. The molecule has 0 radical (unpaired) electrons. The second kappa shape index (κ2) is 7.26. The van der Waals surface area contributed by atoms with Crippen molar-refractivity contribution in [1.82, 2.24) is 15.1 Å². The molecule has 0 aromatic rings. The second-order valence-corrected chi connectivity index (χ2v) is 4.04. The van der Waals surface area contributed by atoms with Crippen LogP contribution in [0, 0.1) is 11.8 Å². The van der Waals surface area contributed by atoms with E-state index in [4.69, 9.17) is 0 Å². The van der Waals surface area contributed by atoms with E-state index in [1.54, 1.807) is 0 Å². The van der Waals surface area contributed by atoms with Crippen LogP contribution in [0.25, 0.3) is 0 Å². The molecule has 1 rings (SSSR count). The van der Waals surface area contributed by atoms with E-state index >= 15 is 0 Å². The number of likely N-dealkylation sites (N-methyl/N-ethyl adjacent to an activating group) is 1. The molecule has 1 saturated heterocycles. The Labute approximate surface area is 98.0 Å². The van der Waals surface area contributed by atoms with Crippen LogP contribution in [0.3, 0.4) is 0 Å². The molecule has 16 heavy (non-hydrogen) atoms. The van der Waals surface area contributed by atoms with E-state index in [2.05, 4.69) is 29.1 Å². The molecule has 0 unspecified atom stereocenters. The number of hydrogen-bond acceptors (Lipinski definition) is 3. The van der Waals surface area contributed by atoms with E-state index in [1.807, 2.05) is 11.8 Å². The molecular weight excluding hydrogens is 202 g/mol. The van der Waals surface area contributed by atoms with Crippen molar-refractivity contribution in [2.45, 2.75) is 13.3 Å². The lowest BCUT2D eigenvalue weighted by Gasteiger charge is -2.32. The quantitative estimate of drug-likeness (QED) is 0.528. The summed E-state index contributed by atoms with van der Waals surface area (Å²) in [6.45, 7) is 6.72. The van der Waals surface area contributed by atoms with Crippen LogP contribution in [-0.2, 0) is 4.79 Å². The van der Waals surface area contributed by atoms with Gasteiger partial charge in [0, 0.05) is 39.1 Å². The van der Waals surface area contributed by atoms with Crippen LogP contribution < -0.4 is 5.32 Å². The van der Waals surface area contributed by atoms with Crippen molar-refractivity contribution in [2.24, 2.45) is 0 Å². The van der Waals surface area contributed by atoms with Crippen LogP contribution in [0.15, 0.2) is 0 Å². The molecule has 1 heterocycles. The maximum atomic E-state index is 11.7. The first-order chi connectivity index (χ1) is 7.74. The minimum Gasteiger partial charge on any atom is -0.339 e. The van der Waals surface area contributed by atoms with Gasteiger partial charge in [0.25, 0.3) is 0 Å². The highest BCUT2D eigenvalue weighted by Crippen LogP contribution is 1.98. The summed E-state index contributed by atoms with van der Waals surface area (Å²) in [6.07, 6.45) is 0.812. The summed E-state index contributed by atoms with van der Waals surface area (Å²) >= 11 is 0. The van der Waals surface area contributed by atoms with Gasteiger partial charge in [-0.15, -0.1) is 11.8 Å². The minimum absolute atomic E-state index is 0.206. The van der Waals surface area contributed by atoms with Crippen molar-refractivity contribution in [3.8, 4) is 11.8 Å². The molecule has 4 heteroatoms. The largest absolute Gasteiger partial charge is 0.339 e. The first-order valence-electron chi connectivity index (χ1n) is 5.80. The Kier molecular flexibility index (Phi) is 5.91. The topological polar surface area (TPSA) is 35.6 Å². The van der Waals surface area contributed by atoms with Gasteiger partial charge in [-0.3, -0.25) is 4.79 Å². The predicted octanol–water partition coefficient (Wildman–Crippen LogP) is -0.237. The van der Waals surface area contributed by atoms with E-state index in [0.717, 1.165) is 39.1 Å². The SMILES string of the molecule is CC#CCCNCC(=O)N1CCN(C)CC1. The van der Waals surface area contributed by atoms with Crippen LogP contribution in [-0.4, -0.2) is 62.0 Å². The molecule has 1 aliphatic rings. The zero-order valence-corrected chi connectivity index (χ0v) is 10.3. The summed E-state index contributed by atoms with van der Waals surface area (Å²) in [5.74, 6) is 6.00. The summed E-state index contributed by atoms with van der Waals surface area (Å²) in [5.41, 5.74) is 0. The molecule has 0 aromatic heterocycles. The molecule has 0 atom stereocenters. The highest BCUT2D eigenvalue weighted by atomic mass is 16.2. The number of rotatable bonds is 4. The maximum Gasteiger partial charge on any atom is 0.236 e. The predicted molar refractivity (Wildman–Crippen MR) is 65.0 cm³/mol. The van der Waals surface area contributed by atoms with Crippen LogP contribution in [0.1, 0.15) is 13.3 Å². The van der Waals surface area contributed by atoms with Crippen LogP contribution in [0.5, 0.6) is 0 Å². The van der Waals surface area contributed by atoms with Gasteiger partial charge in [0.2, 0.25) is 5.91 Å². The summed E-state index contributed by atoms with van der Waals surface area (Å²) in [5, 5.41) is 3.12. The molecule has 4 nitrogen and oxygen atoms in total. The lowest BCUT2D eigenvalue weighted by Crippen LogP contribution is -2.49. The van der Waals surface area contributed by atoms with Crippen LogP contribution >= 0.6 is 0 Å². The number of amides is 1. The van der Waals surface area contributed by atoms with E-state index in [9.17, 15) is 4.79 Å². The van der Waals surface area contributed by atoms with Crippen LogP contribution in [0.2, 0.25) is 0 Å². The molecule has 90 valence electrons. The average molecular weight is 223 g/mol. The van der Waals surface area contributed by atoms with E-state index in [0.29, 0.717) is 6.54 Å². The Morgan fingerprint density at radius 2 is 2.00 bits per heavy atom. The van der Waals surface area contributed by atoms with Gasteiger partial charge < -0.3 is 15.1 Å². The van der Waals surface area contributed by atoms with Crippen molar-refractivity contribution in [1.29, 1.82) is 0 Å². The van der Waals surface area contributed by atoms with Gasteiger partial charge >= 0.3 is 0 Å². The molecular formula is C12H21N3O. The van der Waals surface area contributed by atoms with Crippen LogP contribution in [0.4, 0.5) is 0 Å². The smallest absolute Gasteiger partial charge is 0.236 e. The Bertz CT molecular complexity index is 272. The number of nitrogens with zero attached hydrogens (tertiary/aromatic N) is 2. The molecule has 1 amide bonds. The van der Waals surface area contributed by atoms with E-state index < -0.39 is 0 Å². The molecule has 1 fully saturated rings. The molecule has 1 aliphatic heterocycles. The molecule has 1 N–H and O–H groups in total. The highest BCUT2D eigenvalue weighted by Gasteiger charge is 2.17. The summed E-state index contributed by atoms with van der Waals surface area (Å²) in [4.78, 5) is 15.9. The highest BCUT2D eigenvalue weighted by molar-refractivity contribution is 5.78. The third-order valence-electron chi connectivity index (χ3n) is 2.74. The Balaban J connectivity index is 2.12. The van der Waals surface area contributed by atoms with Gasteiger partial charge in [-0.05, 0) is 14.0 Å². The van der Waals surface area contributed by atoms with Crippen molar-refractivity contribution >= 4 is 5.91 Å². The number of nitrogens with one attached hydrogen (secondary N) is 1. The fourth-order valence-electron chi connectivity index (χ4n) is 1.64. The van der Waals surface area contributed by atoms with Gasteiger partial charge in [0.15, 0.2) is 0 Å². The molecule has 0 aromatic carbocycles. The van der Waals surface area contributed by atoms with E-state index in [-0.39, 0.29) is 5.91 Å². The third-order valence-corrected chi connectivity index (χ3v) is 2.74. The minimum atomic E-state index is 0.206. The first-order valence-corrected chi connectivity index (χ1v) is 5.80. The zero-order chi connectivity index (χ0) is 11.8. The van der Waals surface area contributed by atoms with Gasteiger partial charge in [0.05, 0.1) is 6.54 Å². The Hall–Kier alpha value is -1.05. The molecule has 0 aliphatic carbocycles. The lowest BCUT2D eigenvalue weighted by molar-refractivity contribution is -0.131. The summed E-state index contributed by atoms with van der Waals surface area (Å²) in [7, 11) is 2.09. The van der Waals surface area contributed by atoms with E-state index in [1.165, 1.54) is 0 Å². The average Bonchev–Trinajstić information content (AvgIpc) is 2.29. The Morgan fingerprint density at radius 3 is 2.62 bits per heavy atom. The standard InChI is InChI=1S/C12H21N3O/c1-3-4-5-6-13-11-12(16)15-9-7-14(2)8-10-15/h13H,5-11H2,1-2H3. The van der Waals surface area contributed by atoms with Crippen molar-refractivity contribution < 1.29 is 4.79 Å². The van der Waals surface area contributed by atoms with Crippen molar-refractivity contribution in [3.63, 3.8) is 0 Å². The zero-order valence-electron chi connectivity index (χ0n) is 10.3. The Morgan fingerprint density at radius 1 is 1.31 bits per heavy atom. The van der Waals surface area contributed by atoms with Crippen molar-refractivity contribution in [3.05, 3.63) is 0 Å². The normalized spacial score (nSPS) is 16.8. The fraction of sp³-hybridized carbons (Fsp3) is 0.750. The molecule has 0 spiro atoms.